The lowest BCUT2D eigenvalue weighted by Crippen LogP contribution is -2.14. The Kier molecular flexibility index (Phi) is 4.18. The van der Waals surface area contributed by atoms with Crippen LogP contribution >= 0.6 is 0 Å². The molecular formula is C11H23B. The van der Waals surface area contributed by atoms with Crippen molar-refractivity contribution in [1.29, 1.82) is 0 Å². The smallest absolute Gasteiger partial charge is 0.0861 e. The summed E-state index contributed by atoms with van der Waals surface area (Å²) in [6.45, 7) is 8.10. The predicted molar refractivity (Wildman–Crippen MR) is 58.1 cm³/mol. The van der Waals surface area contributed by atoms with E-state index in [9.17, 15) is 0 Å². The zero-order chi connectivity index (χ0) is 8.97. The average Bonchev–Trinajstić information content (AvgIpc) is 1.95. The summed E-state index contributed by atoms with van der Waals surface area (Å²) < 4.78 is 0. The van der Waals surface area contributed by atoms with Crippen LogP contribution in [0.2, 0.25) is 19.5 Å². The van der Waals surface area contributed by atoms with E-state index in [-0.39, 0.29) is 0 Å². The van der Waals surface area contributed by atoms with Gasteiger partial charge in [-0.05, 0) is 5.92 Å². The van der Waals surface area contributed by atoms with Gasteiger partial charge in [0.2, 0.25) is 0 Å². The van der Waals surface area contributed by atoms with Crippen molar-refractivity contribution in [3.63, 3.8) is 0 Å². The molecule has 0 amide bonds. The van der Waals surface area contributed by atoms with E-state index in [1.165, 1.54) is 38.5 Å². The zero-order valence-electron chi connectivity index (χ0n) is 8.97. The molecular weight excluding hydrogens is 143 g/mol. The van der Waals surface area contributed by atoms with E-state index in [0.29, 0.717) is 0 Å². The van der Waals surface area contributed by atoms with Gasteiger partial charge in [-0.2, -0.15) is 0 Å². The van der Waals surface area contributed by atoms with Gasteiger partial charge in [0.1, 0.15) is 6.71 Å². The van der Waals surface area contributed by atoms with Gasteiger partial charge in [0.25, 0.3) is 0 Å². The molecule has 0 heterocycles. The molecule has 1 saturated carbocycles. The maximum atomic E-state index is 2.41. The minimum absolute atomic E-state index is 0.915. The second-order valence-corrected chi connectivity index (χ2v) is 4.97. The van der Waals surface area contributed by atoms with E-state index >= 15 is 0 Å². The highest BCUT2D eigenvalue weighted by Gasteiger charge is 2.18. The van der Waals surface area contributed by atoms with Crippen molar-refractivity contribution >= 4 is 6.71 Å². The van der Waals surface area contributed by atoms with Crippen molar-refractivity contribution in [3.05, 3.63) is 0 Å². The number of hydrogen-bond acceptors (Lipinski definition) is 0. The molecule has 1 aliphatic rings. The Morgan fingerprint density at radius 2 is 1.42 bits per heavy atom. The van der Waals surface area contributed by atoms with Crippen LogP contribution in [0.25, 0.3) is 0 Å². The number of rotatable bonds is 1. The van der Waals surface area contributed by atoms with Crippen molar-refractivity contribution in [3.8, 4) is 0 Å². The first-order chi connectivity index (χ1) is 5.70. The number of hydrogen-bond donors (Lipinski definition) is 0. The Hall–Kier alpha value is 0.0649. The SMILES string of the molecule is CB(C)C1CCCC(C)CCC1. The molecule has 0 aromatic carbocycles. The molecule has 0 bridgehead atoms. The first kappa shape index (κ1) is 10.1. The van der Waals surface area contributed by atoms with E-state index in [0.717, 1.165) is 18.4 Å². The standard InChI is InChI=1S/C11H23B/c1-10-6-4-8-11(12(2)3)9-5-7-10/h10-11H,4-9H2,1-3H3. The van der Waals surface area contributed by atoms with E-state index < -0.39 is 0 Å². The molecule has 0 nitrogen and oxygen atoms in total. The lowest BCUT2D eigenvalue weighted by atomic mass is 9.43. The van der Waals surface area contributed by atoms with Gasteiger partial charge in [-0.25, -0.2) is 0 Å². The van der Waals surface area contributed by atoms with Gasteiger partial charge in [0.15, 0.2) is 0 Å². The van der Waals surface area contributed by atoms with Crippen LogP contribution in [0, 0.1) is 5.92 Å². The van der Waals surface area contributed by atoms with Crippen molar-refractivity contribution in [1.82, 2.24) is 0 Å². The maximum Gasteiger partial charge on any atom is 0.136 e. The Morgan fingerprint density at radius 3 is 1.83 bits per heavy atom. The van der Waals surface area contributed by atoms with Crippen LogP contribution in [0.4, 0.5) is 0 Å². The predicted octanol–water partition coefficient (Wildman–Crippen LogP) is 4.10. The van der Waals surface area contributed by atoms with Crippen LogP contribution in [-0.4, -0.2) is 6.71 Å². The van der Waals surface area contributed by atoms with E-state index in [1.54, 1.807) is 0 Å². The third kappa shape index (κ3) is 3.20. The fraction of sp³-hybridized carbons (Fsp3) is 1.00. The van der Waals surface area contributed by atoms with Gasteiger partial charge in [-0.3, -0.25) is 0 Å². The van der Waals surface area contributed by atoms with Gasteiger partial charge in [-0.15, -0.1) is 0 Å². The molecule has 0 atom stereocenters. The minimum Gasteiger partial charge on any atom is -0.0861 e. The summed E-state index contributed by atoms with van der Waals surface area (Å²) in [7, 11) is 0. The molecule has 0 N–H and O–H groups in total. The summed E-state index contributed by atoms with van der Waals surface area (Å²) in [4.78, 5) is 0. The van der Waals surface area contributed by atoms with Crippen LogP contribution in [-0.2, 0) is 0 Å². The highest BCUT2D eigenvalue weighted by Crippen LogP contribution is 2.31. The summed E-state index contributed by atoms with van der Waals surface area (Å²) in [6.07, 6.45) is 8.88. The molecule has 0 radical (unpaired) electrons. The lowest BCUT2D eigenvalue weighted by molar-refractivity contribution is 0.402. The zero-order valence-corrected chi connectivity index (χ0v) is 8.97. The van der Waals surface area contributed by atoms with Crippen LogP contribution < -0.4 is 0 Å². The monoisotopic (exact) mass is 166 g/mol. The van der Waals surface area contributed by atoms with Crippen LogP contribution in [0.3, 0.4) is 0 Å². The normalized spacial score (nSPS) is 32.2. The third-order valence-electron chi connectivity index (χ3n) is 3.49. The van der Waals surface area contributed by atoms with E-state index in [2.05, 4.69) is 20.6 Å². The van der Waals surface area contributed by atoms with E-state index in [4.69, 9.17) is 0 Å². The van der Waals surface area contributed by atoms with Crippen LogP contribution in [0.5, 0.6) is 0 Å². The van der Waals surface area contributed by atoms with Gasteiger partial charge in [0, 0.05) is 0 Å². The molecule has 0 unspecified atom stereocenters. The van der Waals surface area contributed by atoms with Crippen LogP contribution in [0.15, 0.2) is 0 Å². The summed E-state index contributed by atoms with van der Waals surface area (Å²) >= 11 is 0. The van der Waals surface area contributed by atoms with Gasteiger partial charge in [0.05, 0.1) is 0 Å². The molecule has 0 spiro atoms. The van der Waals surface area contributed by atoms with Gasteiger partial charge < -0.3 is 0 Å². The Bertz CT molecular complexity index is 110. The Labute approximate surface area is 78.2 Å². The second kappa shape index (κ2) is 4.94. The second-order valence-electron chi connectivity index (χ2n) is 4.97. The van der Waals surface area contributed by atoms with Crippen molar-refractivity contribution in [2.24, 2.45) is 5.92 Å². The highest BCUT2D eigenvalue weighted by atomic mass is 14.1. The fourth-order valence-corrected chi connectivity index (χ4v) is 2.41. The third-order valence-corrected chi connectivity index (χ3v) is 3.49. The molecule has 1 heteroatoms. The summed E-state index contributed by atoms with van der Waals surface area (Å²) in [5.41, 5.74) is 0. The summed E-state index contributed by atoms with van der Waals surface area (Å²) in [5.74, 6) is 2.02. The van der Waals surface area contributed by atoms with Gasteiger partial charge >= 0.3 is 0 Å². The first-order valence-electron chi connectivity index (χ1n) is 5.70. The molecule has 1 fully saturated rings. The van der Waals surface area contributed by atoms with E-state index in [1.807, 2.05) is 0 Å². The topological polar surface area (TPSA) is 0 Å². The molecule has 1 aliphatic carbocycles. The lowest BCUT2D eigenvalue weighted by Gasteiger charge is -2.23. The molecule has 0 saturated heterocycles. The highest BCUT2D eigenvalue weighted by molar-refractivity contribution is 6.57. The minimum atomic E-state index is 0.915. The maximum absolute atomic E-state index is 2.41. The van der Waals surface area contributed by atoms with Crippen molar-refractivity contribution < 1.29 is 0 Å². The van der Waals surface area contributed by atoms with Crippen LogP contribution in [0.1, 0.15) is 45.4 Å². The quantitative estimate of drug-likeness (QED) is 0.514. The molecule has 0 aromatic rings. The molecule has 12 heavy (non-hydrogen) atoms. The largest absolute Gasteiger partial charge is 0.136 e. The fourth-order valence-electron chi connectivity index (χ4n) is 2.41. The summed E-state index contributed by atoms with van der Waals surface area (Å²) in [5, 5.41) is 0. The van der Waals surface area contributed by atoms with Gasteiger partial charge in [-0.1, -0.05) is 64.9 Å². The van der Waals surface area contributed by atoms with Crippen molar-refractivity contribution in [2.45, 2.75) is 64.9 Å². The Balaban J connectivity index is 2.30. The molecule has 0 aromatic heterocycles. The molecule has 0 aliphatic heterocycles. The summed E-state index contributed by atoms with van der Waals surface area (Å²) in [6, 6.07) is 0. The molecule has 70 valence electrons. The molecule has 1 rings (SSSR count). The Morgan fingerprint density at radius 1 is 0.917 bits per heavy atom. The average molecular weight is 166 g/mol. The van der Waals surface area contributed by atoms with Crippen molar-refractivity contribution in [2.75, 3.05) is 0 Å². The first-order valence-corrected chi connectivity index (χ1v) is 5.70.